The van der Waals surface area contributed by atoms with E-state index in [1.54, 1.807) is 12.3 Å². The molecule has 0 aliphatic carbocycles. The van der Waals surface area contributed by atoms with Gasteiger partial charge < -0.3 is 10.7 Å². The van der Waals surface area contributed by atoms with E-state index in [0.717, 1.165) is 0 Å². The second-order valence-electron chi connectivity index (χ2n) is 3.36. The Labute approximate surface area is 89.5 Å². The van der Waals surface area contributed by atoms with Crippen LogP contribution in [0.25, 0.3) is 11.0 Å². The predicted octanol–water partition coefficient (Wildman–Crippen LogP) is 1.47. The fourth-order valence-corrected chi connectivity index (χ4v) is 1.55. The van der Waals surface area contributed by atoms with Crippen LogP contribution < -0.4 is 5.73 Å². The molecule has 1 amide bonds. The Morgan fingerprint density at radius 1 is 1.56 bits per heavy atom. The van der Waals surface area contributed by atoms with Gasteiger partial charge in [0, 0.05) is 11.9 Å². The lowest BCUT2D eigenvalue weighted by Gasteiger charge is -2.03. The van der Waals surface area contributed by atoms with Crippen molar-refractivity contribution in [2.45, 2.75) is 12.8 Å². The van der Waals surface area contributed by atoms with Crippen LogP contribution in [0.2, 0.25) is 0 Å². The van der Waals surface area contributed by atoms with Gasteiger partial charge in [-0.15, -0.1) is 0 Å². The van der Waals surface area contributed by atoms with Gasteiger partial charge in [0.25, 0.3) is 5.91 Å². The van der Waals surface area contributed by atoms with Gasteiger partial charge >= 0.3 is 0 Å². The Bertz CT molecular complexity index is 536. The fourth-order valence-electron chi connectivity index (χ4n) is 1.55. The van der Waals surface area contributed by atoms with E-state index in [1.807, 2.05) is 0 Å². The number of hydrogen-bond donors (Lipinski definition) is 2. The summed E-state index contributed by atoms with van der Waals surface area (Å²) in [5.41, 5.74) is 6.46. The number of alkyl halides is 2. The average molecular weight is 225 g/mol. The molecule has 0 saturated heterocycles. The molecule has 0 fully saturated rings. The summed E-state index contributed by atoms with van der Waals surface area (Å²) >= 11 is 0. The number of halogens is 2. The third-order valence-electron chi connectivity index (χ3n) is 2.20. The molecule has 3 N–H and O–H groups in total. The lowest BCUT2D eigenvalue weighted by Crippen LogP contribution is -2.13. The molecule has 0 bridgehead atoms. The Morgan fingerprint density at radius 2 is 2.31 bits per heavy atom. The number of rotatable bonds is 3. The Morgan fingerprint density at radius 3 is 2.94 bits per heavy atom. The van der Waals surface area contributed by atoms with Crippen LogP contribution >= 0.6 is 0 Å². The highest BCUT2D eigenvalue weighted by Gasteiger charge is 2.13. The maximum Gasteiger partial charge on any atom is 0.250 e. The van der Waals surface area contributed by atoms with Gasteiger partial charge in [-0.25, -0.2) is 8.78 Å². The number of carbonyl (C=O) groups excluding carboxylic acids is 1. The number of aromatic amines is 1. The molecule has 0 unspecified atom stereocenters. The number of fused-ring (bicyclic) bond motifs is 1. The van der Waals surface area contributed by atoms with Crippen LogP contribution in [0.15, 0.2) is 18.3 Å². The van der Waals surface area contributed by atoms with E-state index in [0.29, 0.717) is 11.0 Å². The van der Waals surface area contributed by atoms with Gasteiger partial charge in [-0.1, -0.05) is 0 Å². The average Bonchev–Trinajstić information content (AvgIpc) is 2.62. The van der Waals surface area contributed by atoms with Crippen molar-refractivity contribution in [1.82, 2.24) is 9.97 Å². The number of nitrogens with two attached hydrogens (primary N) is 1. The first-order chi connectivity index (χ1) is 7.58. The van der Waals surface area contributed by atoms with Gasteiger partial charge in [0.2, 0.25) is 6.43 Å². The summed E-state index contributed by atoms with van der Waals surface area (Å²) in [6, 6.07) is 2.91. The van der Waals surface area contributed by atoms with Crippen LogP contribution in [-0.4, -0.2) is 22.3 Å². The summed E-state index contributed by atoms with van der Waals surface area (Å²) in [4.78, 5) is 17.9. The second-order valence-corrected chi connectivity index (χ2v) is 3.36. The molecule has 4 nitrogen and oxygen atoms in total. The van der Waals surface area contributed by atoms with Crippen molar-refractivity contribution in [3.63, 3.8) is 0 Å². The minimum atomic E-state index is -2.50. The molecule has 2 aromatic heterocycles. The standard InChI is InChI=1S/C10H9F2N3O/c11-8(12)4-5-3-6(10(13)16)9-7(15-5)1-2-14-9/h1-3,8,14H,4H2,(H2,13,16). The quantitative estimate of drug-likeness (QED) is 0.830. The third-order valence-corrected chi connectivity index (χ3v) is 2.20. The number of pyridine rings is 1. The topological polar surface area (TPSA) is 71.8 Å². The number of amides is 1. The van der Waals surface area contributed by atoms with Crippen molar-refractivity contribution in [1.29, 1.82) is 0 Å². The molecule has 2 heterocycles. The molecule has 2 aromatic rings. The van der Waals surface area contributed by atoms with Gasteiger partial charge in [0.1, 0.15) is 0 Å². The molecule has 0 spiro atoms. The number of primary amides is 1. The van der Waals surface area contributed by atoms with Crippen LogP contribution in [0.4, 0.5) is 8.78 Å². The van der Waals surface area contributed by atoms with Crippen molar-refractivity contribution in [2.75, 3.05) is 0 Å². The van der Waals surface area contributed by atoms with Crippen molar-refractivity contribution in [3.8, 4) is 0 Å². The monoisotopic (exact) mass is 225 g/mol. The zero-order valence-corrected chi connectivity index (χ0v) is 8.21. The number of hydrogen-bond acceptors (Lipinski definition) is 2. The molecule has 84 valence electrons. The van der Waals surface area contributed by atoms with E-state index >= 15 is 0 Å². The molecule has 2 rings (SSSR count). The molecule has 0 saturated carbocycles. The first-order valence-corrected chi connectivity index (χ1v) is 4.63. The van der Waals surface area contributed by atoms with Crippen LogP contribution in [0.3, 0.4) is 0 Å². The van der Waals surface area contributed by atoms with E-state index in [4.69, 9.17) is 5.73 Å². The van der Waals surface area contributed by atoms with Crippen molar-refractivity contribution >= 4 is 16.9 Å². The first kappa shape index (κ1) is 10.5. The zero-order valence-electron chi connectivity index (χ0n) is 8.21. The maximum absolute atomic E-state index is 12.2. The molecule has 0 aromatic carbocycles. The Kier molecular flexibility index (Phi) is 2.55. The highest BCUT2D eigenvalue weighted by atomic mass is 19.3. The first-order valence-electron chi connectivity index (χ1n) is 4.63. The van der Waals surface area contributed by atoms with Crippen LogP contribution in [0, 0.1) is 0 Å². The summed E-state index contributed by atoms with van der Waals surface area (Å²) in [5, 5.41) is 0. The van der Waals surface area contributed by atoms with Gasteiger partial charge in [-0.2, -0.15) is 0 Å². The lowest BCUT2D eigenvalue weighted by molar-refractivity contribution is 0.100. The van der Waals surface area contributed by atoms with E-state index in [9.17, 15) is 13.6 Å². The van der Waals surface area contributed by atoms with E-state index < -0.39 is 18.8 Å². The van der Waals surface area contributed by atoms with Crippen LogP contribution in [0.5, 0.6) is 0 Å². The van der Waals surface area contributed by atoms with E-state index in [-0.39, 0.29) is 11.3 Å². The molecule has 16 heavy (non-hydrogen) atoms. The number of aromatic nitrogens is 2. The Balaban J connectivity index is 2.57. The van der Waals surface area contributed by atoms with Crippen molar-refractivity contribution in [2.24, 2.45) is 5.73 Å². The van der Waals surface area contributed by atoms with Gasteiger partial charge in [0.05, 0.1) is 23.0 Å². The molecule has 0 aliphatic rings. The van der Waals surface area contributed by atoms with Gasteiger partial charge in [-0.05, 0) is 12.1 Å². The number of H-pyrrole nitrogens is 1. The molecule has 0 radical (unpaired) electrons. The molecule has 0 aliphatic heterocycles. The van der Waals surface area contributed by atoms with Crippen LogP contribution in [-0.2, 0) is 6.42 Å². The predicted molar refractivity (Wildman–Crippen MR) is 54.3 cm³/mol. The van der Waals surface area contributed by atoms with Gasteiger partial charge in [-0.3, -0.25) is 9.78 Å². The molecular formula is C10H9F2N3O. The minimum Gasteiger partial charge on any atom is -0.366 e. The SMILES string of the molecule is NC(=O)c1cc(CC(F)F)nc2cc[nH]c12. The molecule has 6 heteroatoms. The number of carbonyl (C=O) groups is 1. The molecule has 0 atom stereocenters. The largest absolute Gasteiger partial charge is 0.366 e. The molecular weight excluding hydrogens is 216 g/mol. The van der Waals surface area contributed by atoms with E-state index in [1.165, 1.54) is 6.07 Å². The zero-order chi connectivity index (χ0) is 11.7. The normalized spacial score (nSPS) is 11.2. The summed E-state index contributed by atoms with van der Waals surface area (Å²) in [5.74, 6) is -0.662. The smallest absolute Gasteiger partial charge is 0.250 e. The number of nitrogens with zero attached hydrogens (tertiary/aromatic N) is 1. The summed E-state index contributed by atoms with van der Waals surface area (Å²) in [6.45, 7) is 0. The maximum atomic E-state index is 12.2. The lowest BCUT2D eigenvalue weighted by atomic mass is 10.1. The summed E-state index contributed by atoms with van der Waals surface area (Å²) < 4.78 is 24.4. The third kappa shape index (κ3) is 1.86. The van der Waals surface area contributed by atoms with E-state index in [2.05, 4.69) is 9.97 Å². The van der Waals surface area contributed by atoms with Crippen molar-refractivity contribution < 1.29 is 13.6 Å². The summed E-state index contributed by atoms with van der Waals surface area (Å²) in [7, 11) is 0. The number of nitrogens with one attached hydrogen (secondary N) is 1. The summed E-state index contributed by atoms with van der Waals surface area (Å²) in [6.07, 6.45) is -1.40. The second kappa shape index (κ2) is 3.88. The minimum absolute atomic E-state index is 0.163. The van der Waals surface area contributed by atoms with Crippen LogP contribution in [0.1, 0.15) is 16.1 Å². The van der Waals surface area contributed by atoms with Crippen molar-refractivity contribution in [3.05, 3.63) is 29.6 Å². The highest BCUT2D eigenvalue weighted by Crippen LogP contribution is 2.17. The highest BCUT2D eigenvalue weighted by molar-refractivity contribution is 6.04. The fraction of sp³-hybridized carbons (Fsp3) is 0.200. The Hall–Kier alpha value is -1.98. The van der Waals surface area contributed by atoms with Gasteiger partial charge in [0.15, 0.2) is 0 Å².